The highest BCUT2D eigenvalue weighted by atomic mass is 31.2. The maximum absolute atomic E-state index is 12.4. The van der Waals surface area contributed by atoms with Crippen LogP contribution in [0.2, 0.25) is 0 Å². The largest absolute Gasteiger partial charge is 0.369 e. The molecule has 2 unspecified atom stereocenters. The van der Waals surface area contributed by atoms with Gasteiger partial charge in [-0.1, -0.05) is 37.3 Å². The molecule has 0 bridgehead atoms. The van der Waals surface area contributed by atoms with E-state index in [9.17, 15) is 4.57 Å². The van der Waals surface area contributed by atoms with Crippen LogP contribution in [0, 0.1) is 0 Å². The summed E-state index contributed by atoms with van der Waals surface area (Å²) in [7, 11) is -3.07. The van der Waals surface area contributed by atoms with Crippen LogP contribution in [-0.2, 0) is 29.8 Å². The molecule has 1 rings (SSSR count). The van der Waals surface area contributed by atoms with E-state index in [0.717, 1.165) is 12.0 Å². The molecule has 0 fully saturated rings. The zero-order valence-corrected chi connectivity index (χ0v) is 14.2. The topological polar surface area (TPSA) is 80.0 Å². The second-order valence-electron chi connectivity index (χ2n) is 4.80. The lowest BCUT2D eigenvalue weighted by Gasteiger charge is -2.21. The minimum Gasteiger partial charge on any atom is -0.369 e. The number of hydrogen-bond acceptors (Lipinski definition) is 6. The van der Waals surface area contributed by atoms with E-state index in [4.69, 9.17) is 19.7 Å². The molecule has 2 atom stereocenters. The molecule has 6 nitrogen and oxygen atoms in total. The average Bonchev–Trinajstić information content (AvgIpc) is 2.52. The molecule has 0 saturated heterocycles. The van der Waals surface area contributed by atoms with E-state index in [1.54, 1.807) is 6.92 Å². The number of nitrogens with two attached hydrogens (primary N) is 1. The summed E-state index contributed by atoms with van der Waals surface area (Å²) in [6.45, 7) is 4.75. The molecule has 0 heterocycles. The van der Waals surface area contributed by atoms with Crippen LogP contribution in [-0.4, -0.2) is 32.1 Å². The van der Waals surface area contributed by atoms with Gasteiger partial charge in [0.15, 0.2) is 0 Å². The molecular weight excluding hydrogens is 305 g/mol. The van der Waals surface area contributed by atoms with Gasteiger partial charge in [-0.15, -0.1) is 0 Å². The van der Waals surface area contributed by atoms with Gasteiger partial charge in [0.2, 0.25) is 0 Å². The number of ether oxygens (including phenoxy) is 1. The van der Waals surface area contributed by atoms with Crippen molar-refractivity contribution in [2.24, 2.45) is 5.90 Å². The summed E-state index contributed by atoms with van der Waals surface area (Å²) < 4.78 is 28.9. The van der Waals surface area contributed by atoms with E-state index in [1.165, 1.54) is 0 Å². The summed E-state index contributed by atoms with van der Waals surface area (Å²) in [6, 6.07) is 9.74. The smallest absolute Gasteiger partial charge is 0.330 e. The van der Waals surface area contributed by atoms with E-state index in [1.807, 2.05) is 37.3 Å². The second kappa shape index (κ2) is 10.9. The first-order valence-corrected chi connectivity index (χ1v) is 9.21. The zero-order valence-electron chi connectivity index (χ0n) is 13.3. The van der Waals surface area contributed by atoms with Gasteiger partial charge in [0.1, 0.15) is 6.10 Å². The Kier molecular flexibility index (Phi) is 9.55. The summed E-state index contributed by atoms with van der Waals surface area (Å²) in [5.41, 5.74) is 1.03. The average molecular weight is 331 g/mol. The van der Waals surface area contributed by atoms with Crippen molar-refractivity contribution in [2.45, 2.75) is 33.0 Å². The van der Waals surface area contributed by atoms with Crippen LogP contribution >= 0.6 is 7.60 Å². The standard InChI is InChI=1S/C15H26NO5P/c1-3-10-22(17,20-4-2)21-13-15(12-19-16)18-11-14-8-6-5-7-9-14/h5-9,15H,3-4,10-13,16H2,1-2H3. The van der Waals surface area contributed by atoms with Gasteiger partial charge in [-0.3, -0.25) is 4.57 Å². The molecule has 0 aliphatic rings. The Morgan fingerprint density at radius 2 is 1.86 bits per heavy atom. The Morgan fingerprint density at radius 1 is 1.14 bits per heavy atom. The predicted molar refractivity (Wildman–Crippen MR) is 85.5 cm³/mol. The lowest BCUT2D eigenvalue weighted by atomic mass is 10.2. The maximum atomic E-state index is 12.4. The van der Waals surface area contributed by atoms with Crippen molar-refractivity contribution in [1.82, 2.24) is 0 Å². The van der Waals surface area contributed by atoms with Crippen LogP contribution in [0.1, 0.15) is 25.8 Å². The van der Waals surface area contributed by atoms with Crippen molar-refractivity contribution in [3.63, 3.8) is 0 Å². The van der Waals surface area contributed by atoms with Crippen molar-refractivity contribution < 1.29 is 23.2 Å². The van der Waals surface area contributed by atoms with Crippen LogP contribution in [0.3, 0.4) is 0 Å². The highest BCUT2D eigenvalue weighted by molar-refractivity contribution is 7.53. The van der Waals surface area contributed by atoms with Crippen LogP contribution in [0.15, 0.2) is 30.3 Å². The Balaban J connectivity index is 2.50. The van der Waals surface area contributed by atoms with E-state index in [-0.39, 0.29) is 13.2 Å². The van der Waals surface area contributed by atoms with Gasteiger partial charge in [0, 0.05) is 6.16 Å². The Labute approximate surface area is 132 Å². The van der Waals surface area contributed by atoms with Gasteiger partial charge >= 0.3 is 7.60 Å². The van der Waals surface area contributed by atoms with Crippen molar-refractivity contribution in [1.29, 1.82) is 0 Å². The zero-order chi connectivity index (χ0) is 16.3. The van der Waals surface area contributed by atoms with Gasteiger partial charge in [0.25, 0.3) is 0 Å². The Morgan fingerprint density at radius 3 is 2.45 bits per heavy atom. The molecule has 0 aliphatic heterocycles. The number of benzene rings is 1. The van der Waals surface area contributed by atoms with E-state index >= 15 is 0 Å². The summed E-state index contributed by atoms with van der Waals surface area (Å²) in [5, 5.41) is 0. The third kappa shape index (κ3) is 7.49. The van der Waals surface area contributed by atoms with Crippen LogP contribution in [0.5, 0.6) is 0 Å². The molecule has 0 aliphatic carbocycles. The molecule has 0 spiro atoms. The molecule has 1 aromatic rings. The minimum absolute atomic E-state index is 0.112. The predicted octanol–water partition coefficient (Wildman–Crippen LogP) is 3.12. The quantitative estimate of drug-likeness (QED) is 0.468. The second-order valence-corrected chi connectivity index (χ2v) is 6.99. The molecule has 7 heteroatoms. The lowest BCUT2D eigenvalue weighted by Crippen LogP contribution is -2.27. The van der Waals surface area contributed by atoms with Crippen molar-refractivity contribution >= 4 is 7.60 Å². The fourth-order valence-corrected chi connectivity index (χ4v) is 3.54. The maximum Gasteiger partial charge on any atom is 0.330 e. The highest BCUT2D eigenvalue weighted by Gasteiger charge is 2.25. The fraction of sp³-hybridized carbons (Fsp3) is 0.600. The van der Waals surface area contributed by atoms with Gasteiger partial charge in [-0.2, -0.15) is 0 Å². The summed E-state index contributed by atoms with van der Waals surface area (Å²) in [5.74, 6) is 5.12. The molecule has 0 radical (unpaired) electrons. The SMILES string of the molecule is CCCP(=O)(OCC)OCC(CON)OCc1ccccc1. The first-order valence-electron chi connectivity index (χ1n) is 7.49. The van der Waals surface area contributed by atoms with Crippen LogP contribution in [0.25, 0.3) is 0 Å². The van der Waals surface area contributed by atoms with E-state index in [0.29, 0.717) is 19.4 Å². The third-order valence-corrected chi connectivity index (χ3v) is 5.08. The first kappa shape index (κ1) is 19.3. The Hall–Kier alpha value is -0.750. The monoisotopic (exact) mass is 331 g/mol. The molecular formula is C15H26NO5P. The molecule has 1 aromatic carbocycles. The highest BCUT2D eigenvalue weighted by Crippen LogP contribution is 2.48. The minimum atomic E-state index is -3.07. The summed E-state index contributed by atoms with van der Waals surface area (Å²) in [4.78, 5) is 4.64. The summed E-state index contributed by atoms with van der Waals surface area (Å²) in [6.07, 6.45) is 0.700. The fourth-order valence-electron chi connectivity index (χ4n) is 1.87. The number of rotatable bonds is 12. The normalized spacial score (nSPS) is 15.4. The van der Waals surface area contributed by atoms with Crippen molar-refractivity contribution in [3.8, 4) is 0 Å². The van der Waals surface area contributed by atoms with E-state index < -0.39 is 13.7 Å². The molecule has 0 saturated carbocycles. The van der Waals surface area contributed by atoms with Gasteiger partial charge < -0.3 is 18.6 Å². The molecule has 0 amide bonds. The van der Waals surface area contributed by atoms with E-state index in [2.05, 4.69) is 4.84 Å². The molecule has 22 heavy (non-hydrogen) atoms. The number of hydrogen-bond donors (Lipinski definition) is 1. The van der Waals surface area contributed by atoms with Gasteiger partial charge in [-0.25, -0.2) is 5.90 Å². The van der Waals surface area contributed by atoms with Gasteiger partial charge in [-0.05, 0) is 18.9 Å². The molecule has 0 aromatic heterocycles. The third-order valence-electron chi connectivity index (χ3n) is 2.89. The van der Waals surface area contributed by atoms with Crippen LogP contribution < -0.4 is 5.90 Å². The van der Waals surface area contributed by atoms with Crippen molar-refractivity contribution in [2.75, 3.05) is 26.0 Å². The Bertz CT molecular complexity index is 433. The van der Waals surface area contributed by atoms with Crippen molar-refractivity contribution in [3.05, 3.63) is 35.9 Å². The van der Waals surface area contributed by atoms with Gasteiger partial charge in [0.05, 0.1) is 26.4 Å². The van der Waals surface area contributed by atoms with Crippen LogP contribution in [0.4, 0.5) is 0 Å². The lowest BCUT2D eigenvalue weighted by molar-refractivity contribution is -0.0478. The summed E-state index contributed by atoms with van der Waals surface area (Å²) >= 11 is 0. The first-order chi connectivity index (χ1) is 10.6. The molecule has 2 N–H and O–H groups in total. The molecule has 126 valence electrons.